The molecular weight excluding hydrogens is 1020 g/mol. The van der Waals surface area contributed by atoms with E-state index >= 15 is 0 Å². The third-order valence-electron chi connectivity index (χ3n) is 12.4. The largest absolute Gasteiger partial charge is 0.326 e. The minimum Gasteiger partial charge on any atom is -0.326 e. The van der Waals surface area contributed by atoms with Crippen molar-refractivity contribution in [1.82, 2.24) is 19.1 Å². The third-order valence-corrected chi connectivity index (χ3v) is 12.4. The standard InChI is InChI=1S/C31H23F2N3O3.C25H20F2N2O3.C6H5NO/c32-26-12-10-22(16-27(26)33)19-36-14-4-7-24(31(36)39)29(37)8-2-1-5-20-9-11-23-25(30(38)35-28(23)17-20)15-21-6-3-13-34-18-21;26-20-10-8-17(12-21(20)27)15-29-11-3-5-19(25(29)32)23(30)6-2-1-4-16-7-9-18-14-24(31)28-22(18)13-16;8-5-6-2-1-3-7-4-6/h1,3-7,9-18H,2,8,19H2,(H,35,38);1,3-5,7-13H,2,6,14-15H2,(H,28,31);1-5H/b5-1+,25-15+;4-1+;. The van der Waals surface area contributed by atoms with Crippen LogP contribution >= 0.6 is 0 Å². The van der Waals surface area contributed by atoms with Gasteiger partial charge in [0.1, 0.15) is 0 Å². The van der Waals surface area contributed by atoms with Gasteiger partial charge in [0.05, 0.1) is 30.6 Å². The molecule has 2 N–H and O–H groups in total. The van der Waals surface area contributed by atoms with Gasteiger partial charge in [-0.15, -0.1) is 0 Å². The summed E-state index contributed by atoms with van der Waals surface area (Å²) < 4.78 is 55.8. The summed E-state index contributed by atoms with van der Waals surface area (Å²) in [6.45, 7) is 0.0526. The van der Waals surface area contributed by atoms with Crippen molar-refractivity contribution in [3.8, 4) is 0 Å². The first kappa shape index (κ1) is 55.2. The number of anilines is 2. The number of benzene rings is 4. The van der Waals surface area contributed by atoms with E-state index in [4.69, 9.17) is 0 Å². The van der Waals surface area contributed by atoms with E-state index < -0.39 is 34.4 Å². The zero-order valence-corrected chi connectivity index (χ0v) is 42.1. The van der Waals surface area contributed by atoms with Gasteiger partial charge in [0.15, 0.2) is 41.1 Å². The van der Waals surface area contributed by atoms with Crippen molar-refractivity contribution in [2.75, 3.05) is 10.6 Å². The zero-order valence-electron chi connectivity index (χ0n) is 42.1. The van der Waals surface area contributed by atoms with Crippen LogP contribution in [0, 0.1) is 23.3 Å². The van der Waals surface area contributed by atoms with Crippen molar-refractivity contribution in [1.29, 1.82) is 0 Å². The first-order chi connectivity index (χ1) is 38.2. The Hall–Kier alpha value is -10.0. The molecular formula is C62H48F4N6O7. The number of aldehydes is 1. The Balaban J connectivity index is 0.000000185. The average Bonchev–Trinajstić information content (AvgIpc) is 4.03. The summed E-state index contributed by atoms with van der Waals surface area (Å²) >= 11 is 0. The van der Waals surface area contributed by atoms with E-state index in [2.05, 4.69) is 20.6 Å². The van der Waals surface area contributed by atoms with Crippen molar-refractivity contribution in [2.24, 2.45) is 0 Å². The lowest BCUT2D eigenvalue weighted by Crippen LogP contribution is -2.26. The van der Waals surface area contributed by atoms with Crippen LogP contribution < -0.4 is 21.8 Å². The minimum atomic E-state index is -0.994. The Morgan fingerprint density at radius 1 is 0.557 bits per heavy atom. The van der Waals surface area contributed by atoms with Gasteiger partial charge >= 0.3 is 0 Å². The molecule has 4 aromatic carbocycles. The van der Waals surface area contributed by atoms with Crippen molar-refractivity contribution >= 4 is 64.8 Å². The molecule has 0 saturated heterocycles. The number of carbonyl (C=O) groups excluding carboxylic acids is 5. The van der Waals surface area contributed by atoms with E-state index in [0.29, 0.717) is 47.2 Å². The van der Waals surface area contributed by atoms with Crippen molar-refractivity contribution in [3.63, 3.8) is 0 Å². The second-order valence-electron chi connectivity index (χ2n) is 18.1. The van der Waals surface area contributed by atoms with Gasteiger partial charge in [0.2, 0.25) is 5.91 Å². The number of hydrogen-bond acceptors (Lipinski definition) is 9. The highest BCUT2D eigenvalue weighted by atomic mass is 19.2. The highest BCUT2D eigenvalue weighted by Crippen LogP contribution is 2.34. The Bertz CT molecular complexity index is 3820. The highest BCUT2D eigenvalue weighted by Gasteiger charge is 2.24. The van der Waals surface area contributed by atoms with Gasteiger partial charge in [0, 0.05) is 78.1 Å². The molecule has 4 aromatic heterocycles. The SMILES string of the molecule is O=C1Cc2ccc(/C=C/CCC(=O)c3cccn(Cc4ccc(F)c(F)c4)c3=O)cc2N1.O=C1Nc2cc(/C=C/CCC(=O)c3cccn(Cc4ccc(F)c(F)c4)c3=O)ccc2/C1=C\c1cccnc1.O=Cc1cccnc1. The number of halogens is 4. The monoisotopic (exact) mass is 1060 g/mol. The normalized spacial score (nSPS) is 12.7. The van der Waals surface area contributed by atoms with Crippen molar-refractivity contribution < 1.29 is 41.5 Å². The number of allylic oxidation sites excluding steroid dienone is 2. The fourth-order valence-corrected chi connectivity index (χ4v) is 8.42. The van der Waals surface area contributed by atoms with Crippen LogP contribution in [0.3, 0.4) is 0 Å². The van der Waals surface area contributed by atoms with Crippen LogP contribution in [0.25, 0.3) is 23.8 Å². The summed E-state index contributed by atoms with van der Waals surface area (Å²) in [5, 5.41) is 5.68. The van der Waals surface area contributed by atoms with Crippen LogP contribution in [-0.4, -0.2) is 48.8 Å². The number of amides is 2. The molecule has 396 valence electrons. The van der Waals surface area contributed by atoms with Gasteiger partial charge in [-0.3, -0.25) is 43.5 Å². The maximum absolute atomic E-state index is 13.5. The summed E-state index contributed by atoms with van der Waals surface area (Å²) in [5.74, 6) is -4.70. The molecule has 0 unspecified atom stereocenters. The molecule has 79 heavy (non-hydrogen) atoms. The van der Waals surface area contributed by atoms with E-state index in [0.717, 1.165) is 64.1 Å². The second-order valence-corrected chi connectivity index (χ2v) is 18.1. The summed E-state index contributed by atoms with van der Waals surface area (Å²) in [6.07, 6.45) is 21.0. The maximum Gasteiger partial charge on any atom is 0.261 e. The number of aromatic nitrogens is 4. The number of fused-ring (bicyclic) bond motifs is 2. The van der Waals surface area contributed by atoms with Gasteiger partial charge in [-0.1, -0.05) is 66.8 Å². The van der Waals surface area contributed by atoms with E-state index in [9.17, 15) is 51.1 Å². The van der Waals surface area contributed by atoms with Crippen LogP contribution in [0.4, 0.5) is 28.9 Å². The molecule has 0 saturated carbocycles. The topological polar surface area (TPSA) is 179 Å². The maximum atomic E-state index is 13.5. The average molecular weight is 1070 g/mol. The number of ketones is 2. The van der Waals surface area contributed by atoms with Crippen LogP contribution in [0.5, 0.6) is 0 Å². The number of nitrogens with one attached hydrogen (secondary N) is 2. The van der Waals surface area contributed by atoms with E-state index in [1.165, 1.54) is 52.0 Å². The van der Waals surface area contributed by atoms with Crippen molar-refractivity contribution in [3.05, 3.63) is 270 Å². The third kappa shape index (κ3) is 14.7. The van der Waals surface area contributed by atoms with E-state index in [1.54, 1.807) is 48.9 Å². The van der Waals surface area contributed by atoms with Gasteiger partial charge < -0.3 is 19.8 Å². The molecule has 0 atom stereocenters. The predicted molar refractivity (Wildman–Crippen MR) is 293 cm³/mol. The number of carbonyl (C=O) groups is 5. The van der Waals surface area contributed by atoms with Gasteiger partial charge in [0.25, 0.3) is 17.0 Å². The fraction of sp³-hybridized carbons (Fsp3) is 0.113. The molecule has 0 bridgehead atoms. The van der Waals surface area contributed by atoms with Gasteiger partial charge in [-0.05, 0) is 131 Å². The van der Waals surface area contributed by atoms with E-state index in [1.807, 2.05) is 72.8 Å². The Labute approximate surface area is 450 Å². The lowest BCUT2D eigenvalue weighted by Gasteiger charge is -2.08. The predicted octanol–water partition coefficient (Wildman–Crippen LogP) is 11.0. The summed E-state index contributed by atoms with van der Waals surface area (Å²) in [6, 6.07) is 31.4. The van der Waals surface area contributed by atoms with Gasteiger partial charge in [-0.2, -0.15) is 0 Å². The Kier molecular flexibility index (Phi) is 18.3. The lowest BCUT2D eigenvalue weighted by atomic mass is 10.0. The van der Waals surface area contributed by atoms with Crippen LogP contribution in [0.1, 0.15) is 95.7 Å². The second kappa shape index (κ2) is 26.1. The first-order valence-electron chi connectivity index (χ1n) is 24.7. The van der Waals surface area contributed by atoms with Gasteiger partial charge in [-0.25, -0.2) is 17.6 Å². The molecule has 2 amide bonds. The van der Waals surface area contributed by atoms with Crippen molar-refractivity contribution in [2.45, 2.75) is 45.2 Å². The molecule has 0 aliphatic carbocycles. The molecule has 0 radical (unpaired) electrons. The molecule has 0 fully saturated rings. The quantitative estimate of drug-likeness (QED) is 0.0412. The number of rotatable bonds is 16. The molecule has 2 aliphatic heterocycles. The molecule has 10 rings (SSSR count). The zero-order chi connectivity index (χ0) is 55.8. The molecule has 17 heteroatoms. The molecule has 13 nitrogen and oxygen atoms in total. The van der Waals surface area contributed by atoms with Crippen LogP contribution in [0.2, 0.25) is 0 Å². The first-order valence-corrected chi connectivity index (χ1v) is 24.7. The number of nitrogens with zero attached hydrogens (tertiary/aromatic N) is 4. The molecule has 6 heterocycles. The fourth-order valence-electron chi connectivity index (χ4n) is 8.42. The Morgan fingerprint density at radius 2 is 1.09 bits per heavy atom. The Morgan fingerprint density at radius 3 is 1.59 bits per heavy atom. The van der Waals surface area contributed by atoms with E-state index in [-0.39, 0.29) is 60.4 Å². The summed E-state index contributed by atoms with van der Waals surface area (Å²) in [5.41, 5.74) is 7.04. The smallest absolute Gasteiger partial charge is 0.261 e. The van der Waals surface area contributed by atoms with Crippen LogP contribution in [-0.2, 0) is 29.1 Å². The number of pyridine rings is 4. The highest BCUT2D eigenvalue weighted by molar-refractivity contribution is 6.35. The molecule has 0 spiro atoms. The summed E-state index contributed by atoms with van der Waals surface area (Å²) in [4.78, 5) is 92.5. The summed E-state index contributed by atoms with van der Waals surface area (Å²) in [7, 11) is 0. The van der Waals surface area contributed by atoms with Crippen LogP contribution in [0.15, 0.2) is 180 Å². The lowest BCUT2D eigenvalue weighted by molar-refractivity contribution is -0.115. The minimum absolute atomic E-state index is 0.0189. The molecule has 8 aromatic rings. The molecule has 2 aliphatic rings. The number of hydrogen-bond donors (Lipinski definition) is 2. The number of Topliss-reactive ketones (excluding diaryl/α,β-unsaturated/α-hetero) is 2.